The van der Waals surface area contributed by atoms with E-state index in [4.69, 9.17) is 4.74 Å². The molecule has 152 valence electrons. The van der Waals surface area contributed by atoms with E-state index in [9.17, 15) is 13.2 Å². The number of benzene rings is 2. The third kappa shape index (κ3) is 4.06. The van der Waals surface area contributed by atoms with Crippen LogP contribution in [0.5, 0.6) is 5.75 Å². The van der Waals surface area contributed by atoms with Crippen molar-refractivity contribution in [2.75, 3.05) is 17.1 Å². The summed E-state index contributed by atoms with van der Waals surface area (Å²) in [5.74, 6) is 0.204. The summed E-state index contributed by atoms with van der Waals surface area (Å²) in [6.45, 7) is 1.40. The molecule has 3 aromatic rings. The highest BCUT2D eigenvalue weighted by molar-refractivity contribution is 7.92. The number of methoxy groups -OCH3 is 1. The highest BCUT2D eigenvalue weighted by Crippen LogP contribution is 2.36. The van der Waals surface area contributed by atoms with Crippen molar-refractivity contribution in [1.29, 1.82) is 0 Å². The van der Waals surface area contributed by atoms with Crippen molar-refractivity contribution >= 4 is 48.3 Å². The maximum Gasteiger partial charge on any atom is 0.261 e. The van der Waals surface area contributed by atoms with Crippen LogP contribution in [-0.4, -0.2) is 26.4 Å². The van der Waals surface area contributed by atoms with Crippen LogP contribution in [0.2, 0.25) is 0 Å². The monoisotopic (exact) mass is 431 g/mol. The first-order chi connectivity index (χ1) is 13.9. The van der Waals surface area contributed by atoms with Gasteiger partial charge in [-0.15, -0.1) is 0 Å². The molecular weight excluding hydrogens is 410 g/mol. The van der Waals surface area contributed by atoms with E-state index in [0.29, 0.717) is 26.8 Å². The van der Waals surface area contributed by atoms with Crippen LogP contribution in [0.25, 0.3) is 10.2 Å². The predicted molar refractivity (Wildman–Crippen MR) is 114 cm³/mol. The molecule has 7 nitrogen and oxygen atoms in total. The van der Waals surface area contributed by atoms with Gasteiger partial charge in [0.05, 0.1) is 22.4 Å². The number of ether oxygens (including phenoxy) is 1. The zero-order chi connectivity index (χ0) is 20.6. The second-order valence-electron chi connectivity index (χ2n) is 6.97. The lowest BCUT2D eigenvalue weighted by molar-refractivity contribution is -0.114. The number of thiazole rings is 1. The Hall–Kier alpha value is -2.65. The Kier molecular flexibility index (Phi) is 5.18. The van der Waals surface area contributed by atoms with Gasteiger partial charge in [-0.25, -0.2) is 13.4 Å². The first-order valence-electron chi connectivity index (χ1n) is 9.26. The second-order valence-corrected chi connectivity index (χ2v) is 9.68. The van der Waals surface area contributed by atoms with Crippen LogP contribution >= 0.6 is 11.3 Å². The predicted octanol–water partition coefficient (Wildman–Crippen LogP) is 3.94. The molecule has 2 N–H and O–H groups in total. The summed E-state index contributed by atoms with van der Waals surface area (Å²) in [4.78, 5) is 15.9. The Morgan fingerprint density at radius 2 is 1.90 bits per heavy atom. The minimum Gasteiger partial charge on any atom is -0.494 e. The molecule has 0 bridgehead atoms. The molecule has 1 amide bonds. The lowest BCUT2D eigenvalue weighted by atomic mass is 9.92. The van der Waals surface area contributed by atoms with Crippen molar-refractivity contribution < 1.29 is 17.9 Å². The smallest absolute Gasteiger partial charge is 0.261 e. The second kappa shape index (κ2) is 7.64. The third-order valence-electron chi connectivity index (χ3n) is 4.85. The largest absolute Gasteiger partial charge is 0.494 e. The number of amides is 1. The number of aromatic nitrogens is 1. The highest BCUT2D eigenvalue weighted by Gasteiger charge is 2.20. The summed E-state index contributed by atoms with van der Waals surface area (Å²) in [5.41, 5.74) is 3.28. The molecule has 0 radical (unpaired) electrons. The van der Waals surface area contributed by atoms with Crippen molar-refractivity contribution in [2.45, 2.75) is 37.5 Å². The molecule has 1 aliphatic rings. The van der Waals surface area contributed by atoms with E-state index in [1.165, 1.54) is 30.9 Å². The van der Waals surface area contributed by atoms with Gasteiger partial charge < -0.3 is 10.1 Å². The summed E-state index contributed by atoms with van der Waals surface area (Å²) in [5, 5.41) is 3.07. The molecule has 1 aromatic heterocycles. The Morgan fingerprint density at radius 3 is 2.62 bits per heavy atom. The van der Waals surface area contributed by atoms with E-state index < -0.39 is 10.0 Å². The molecule has 0 unspecified atom stereocenters. The molecule has 0 fully saturated rings. The van der Waals surface area contributed by atoms with Crippen molar-refractivity contribution in [3.63, 3.8) is 0 Å². The van der Waals surface area contributed by atoms with E-state index in [2.05, 4.69) is 15.0 Å². The van der Waals surface area contributed by atoms with Gasteiger partial charge in [-0.1, -0.05) is 17.4 Å². The number of nitrogens with one attached hydrogen (secondary N) is 2. The van der Waals surface area contributed by atoms with Crippen LogP contribution in [0.4, 0.5) is 10.8 Å². The first-order valence-corrected chi connectivity index (χ1v) is 11.6. The number of nitrogens with zero attached hydrogens (tertiary/aromatic N) is 1. The fourth-order valence-electron chi connectivity index (χ4n) is 3.51. The Balaban J connectivity index is 1.68. The van der Waals surface area contributed by atoms with E-state index in [1.54, 1.807) is 24.3 Å². The lowest BCUT2D eigenvalue weighted by Crippen LogP contribution is -2.14. The maximum absolute atomic E-state index is 13.0. The average Bonchev–Trinajstić information content (AvgIpc) is 3.08. The summed E-state index contributed by atoms with van der Waals surface area (Å²) < 4.78 is 34.6. The Labute approximate surface area is 173 Å². The van der Waals surface area contributed by atoms with Crippen molar-refractivity contribution in [1.82, 2.24) is 4.98 Å². The molecule has 0 atom stereocenters. The molecule has 0 saturated carbocycles. The summed E-state index contributed by atoms with van der Waals surface area (Å²) in [6, 6.07) is 8.63. The molecule has 0 spiro atoms. The summed E-state index contributed by atoms with van der Waals surface area (Å²) in [6.07, 6.45) is 4.14. The van der Waals surface area contributed by atoms with Crippen LogP contribution in [0.3, 0.4) is 0 Å². The number of carbonyl (C=O) groups excluding carboxylic acids is 1. The number of rotatable bonds is 5. The zero-order valence-electron chi connectivity index (χ0n) is 16.1. The summed E-state index contributed by atoms with van der Waals surface area (Å²) >= 11 is 1.25. The highest BCUT2D eigenvalue weighted by atomic mass is 32.2. The number of carbonyl (C=O) groups is 1. The van der Waals surface area contributed by atoms with Crippen molar-refractivity contribution in [3.8, 4) is 5.75 Å². The van der Waals surface area contributed by atoms with Gasteiger partial charge in [0.2, 0.25) is 5.91 Å². The fourth-order valence-corrected chi connectivity index (χ4v) is 5.57. The lowest BCUT2D eigenvalue weighted by Gasteiger charge is -2.17. The number of fused-ring (bicyclic) bond motifs is 2. The van der Waals surface area contributed by atoms with Gasteiger partial charge in [-0.05, 0) is 55.0 Å². The van der Waals surface area contributed by atoms with Gasteiger partial charge in [0.1, 0.15) is 11.3 Å². The van der Waals surface area contributed by atoms with Crippen molar-refractivity contribution in [3.05, 3.63) is 41.5 Å². The van der Waals surface area contributed by atoms with Crippen LogP contribution in [0.1, 0.15) is 30.9 Å². The number of hydrogen-bond donors (Lipinski definition) is 2. The number of aryl methyl sites for hydroxylation is 2. The Morgan fingerprint density at radius 1 is 1.14 bits per heavy atom. The molecule has 0 aliphatic heterocycles. The van der Waals surface area contributed by atoms with E-state index in [1.807, 2.05) is 6.07 Å². The first kappa shape index (κ1) is 19.7. The minimum atomic E-state index is -3.74. The normalized spacial score (nSPS) is 13.7. The molecule has 1 aliphatic carbocycles. The van der Waals surface area contributed by atoms with E-state index in [0.717, 1.165) is 31.2 Å². The van der Waals surface area contributed by atoms with Gasteiger partial charge in [0, 0.05) is 13.0 Å². The van der Waals surface area contributed by atoms with Gasteiger partial charge in [0.15, 0.2) is 5.13 Å². The zero-order valence-corrected chi connectivity index (χ0v) is 17.7. The van der Waals surface area contributed by atoms with E-state index in [-0.39, 0.29) is 10.8 Å². The minimum absolute atomic E-state index is 0.226. The van der Waals surface area contributed by atoms with Gasteiger partial charge in [-0.3, -0.25) is 9.52 Å². The number of anilines is 2. The van der Waals surface area contributed by atoms with Crippen LogP contribution < -0.4 is 14.8 Å². The van der Waals surface area contributed by atoms with Crippen LogP contribution in [-0.2, 0) is 27.7 Å². The fraction of sp³-hybridized carbons (Fsp3) is 0.300. The number of hydrogen-bond acceptors (Lipinski definition) is 6. The van der Waals surface area contributed by atoms with Crippen LogP contribution in [0.15, 0.2) is 35.2 Å². The maximum atomic E-state index is 13.0. The van der Waals surface area contributed by atoms with E-state index >= 15 is 0 Å². The van der Waals surface area contributed by atoms with Crippen LogP contribution in [0, 0.1) is 0 Å². The Bertz CT molecular complexity index is 1200. The molecule has 2 aromatic carbocycles. The quantitative estimate of drug-likeness (QED) is 0.638. The van der Waals surface area contributed by atoms with Gasteiger partial charge in [0.25, 0.3) is 10.0 Å². The molecule has 29 heavy (non-hydrogen) atoms. The molecule has 4 rings (SSSR count). The average molecular weight is 432 g/mol. The van der Waals surface area contributed by atoms with Crippen molar-refractivity contribution in [2.24, 2.45) is 0 Å². The topological polar surface area (TPSA) is 97.4 Å². The molecule has 9 heteroatoms. The van der Waals surface area contributed by atoms with Gasteiger partial charge in [-0.2, -0.15) is 0 Å². The molecular formula is C20H21N3O4S2. The molecule has 0 saturated heterocycles. The summed E-state index contributed by atoms with van der Waals surface area (Å²) in [7, 11) is -2.25. The number of sulfonamides is 1. The SMILES string of the molecule is COc1cc(NS(=O)(=O)c2ccc3c(c2)CCCC3)cc2sc(NC(C)=O)nc12. The standard InChI is InChI=1S/C20H21N3O4S2/c1-12(24)21-20-22-19-17(27-2)10-15(11-18(19)28-20)23-29(25,26)16-8-7-13-5-3-4-6-14(13)9-16/h7-11,23H,3-6H2,1-2H3,(H,21,22,24). The van der Waals surface area contributed by atoms with Gasteiger partial charge >= 0.3 is 0 Å². The molecule has 1 heterocycles. The third-order valence-corrected chi connectivity index (χ3v) is 7.14.